The number of benzene rings is 2. The van der Waals surface area contributed by atoms with Crippen LogP contribution in [0.3, 0.4) is 0 Å². The van der Waals surface area contributed by atoms with Crippen LogP contribution in [0.5, 0.6) is 0 Å². The number of imidazole rings is 1. The molecule has 0 saturated carbocycles. The highest BCUT2D eigenvalue weighted by Crippen LogP contribution is 2.24. The molecular formula is C23H26N4O3S. The van der Waals surface area contributed by atoms with E-state index in [0.717, 1.165) is 18.4 Å². The molecule has 31 heavy (non-hydrogen) atoms. The molecule has 2 heterocycles. The number of carbonyl (C=O) groups is 1. The summed E-state index contributed by atoms with van der Waals surface area (Å²) in [5.41, 5.74) is 1.87. The quantitative estimate of drug-likeness (QED) is 0.641. The van der Waals surface area contributed by atoms with Crippen molar-refractivity contribution >= 4 is 15.9 Å². The second-order valence-electron chi connectivity index (χ2n) is 7.82. The number of sulfonamides is 1. The Balaban J connectivity index is 1.46. The lowest BCUT2D eigenvalue weighted by atomic mass is 10.0. The topological polar surface area (TPSA) is 84.3 Å². The molecule has 0 spiro atoms. The van der Waals surface area contributed by atoms with Gasteiger partial charge in [0.05, 0.1) is 11.2 Å². The van der Waals surface area contributed by atoms with E-state index in [1.54, 1.807) is 30.2 Å². The Bertz CT molecular complexity index is 1140. The van der Waals surface area contributed by atoms with E-state index >= 15 is 0 Å². The first-order chi connectivity index (χ1) is 14.9. The number of nitrogens with zero attached hydrogens (tertiary/aromatic N) is 3. The van der Waals surface area contributed by atoms with Gasteiger partial charge in [-0.1, -0.05) is 36.4 Å². The summed E-state index contributed by atoms with van der Waals surface area (Å²) < 4.78 is 30.5. The largest absolute Gasteiger partial charge is 0.338 e. The van der Waals surface area contributed by atoms with Crippen molar-refractivity contribution < 1.29 is 13.2 Å². The summed E-state index contributed by atoms with van der Waals surface area (Å²) in [7, 11) is -3.75. The van der Waals surface area contributed by atoms with Crippen molar-refractivity contribution in [1.82, 2.24) is 19.2 Å². The van der Waals surface area contributed by atoms with Gasteiger partial charge < -0.3 is 9.47 Å². The third-order valence-corrected chi connectivity index (χ3v) is 7.28. The van der Waals surface area contributed by atoms with Gasteiger partial charge in [-0.05, 0) is 43.0 Å². The van der Waals surface area contributed by atoms with Crippen LogP contribution in [0.1, 0.15) is 40.4 Å². The number of nitrogens with one attached hydrogen (secondary N) is 1. The van der Waals surface area contributed by atoms with Crippen LogP contribution in [-0.2, 0) is 16.6 Å². The molecule has 1 N–H and O–H groups in total. The second kappa shape index (κ2) is 9.03. The minimum Gasteiger partial charge on any atom is -0.338 e. The van der Waals surface area contributed by atoms with Gasteiger partial charge in [0.2, 0.25) is 10.0 Å². The van der Waals surface area contributed by atoms with Crippen LogP contribution >= 0.6 is 0 Å². The van der Waals surface area contributed by atoms with Crippen LogP contribution in [-0.4, -0.2) is 41.9 Å². The van der Waals surface area contributed by atoms with Crippen molar-refractivity contribution in [3.05, 3.63) is 83.9 Å². The summed E-state index contributed by atoms with van der Waals surface area (Å²) in [5.74, 6) is -0.136. The van der Waals surface area contributed by atoms with Crippen LogP contribution in [0.15, 0.2) is 72.1 Å². The fourth-order valence-corrected chi connectivity index (χ4v) is 5.20. The van der Waals surface area contributed by atoms with Gasteiger partial charge in [-0.3, -0.25) is 4.79 Å². The number of hydrogen-bond acceptors (Lipinski definition) is 4. The third-order valence-electron chi connectivity index (χ3n) is 5.73. The van der Waals surface area contributed by atoms with Crippen LogP contribution in [0, 0.1) is 6.92 Å². The van der Waals surface area contributed by atoms with Crippen LogP contribution in [0.25, 0.3) is 0 Å². The molecule has 3 aromatic rings. The molecule has 0 unspecified atom stereocenters. The lowest BCUT2D eigenvalue weighted by molar-refractivity contribution is 0.0694. The summed E-state index contributed by atoms with van der Waals surface area (Å²) >= 11 is 0. The highest BCUT2D eigenvalue weighted by atomic mass is 32.2. The normalized spacial score (nSPS) is 15.2. The Morgan fingerprint density at radius 1 is 1.13 bits per heavy atom. The van der Waals surface area contributed by atoms with Gasteiger partial charge in [-0.25, -0.2) is 18.1 Å². The van der Waals surface area contributed by atoms with Gasteiger partial charge >= 0.3 is 0 Å². The molecule has 4 rings (SSSR count). The van der Waals surface area contributed by atoms with Crippen molar-refractivity contribution in [2.45, 2.75) is 37.2 Å². The Kier molecular flexibility index (Phi) is 6.20. The molecule has 1 aliphatic heterocycles. The Labute approximate surface area is 182 Å². The maximum absolute atomic E-state index is 13.1. The van der Waals surface area contributed by atoms with E-state index in [4.69, 9.17) is 0 Å². The van der Waals surface area contributed by atoms with E-state index in [2.05, 4.69) is 14.3 Å². The van der Waals surface area contributed by atoms with Crippen molar-refractivity contribution in [3.8, 4) is 0 Å². The molecule has 1 fully saturated rings. The number of amides is 1. The Morgan fingerprint density at radius 3 is 2.55 bits per heavy atom. The summed E-state index contributed by atoms with van der Waals surface area (Å²) in [6.07, 6.45) is 7.20. The fourth-order valence-electron chi connectivity index (χ4n) is 3.91. The molecule has 7 nitrogen and oxygen atoms in total. The molecule has 2 aromatic carbocycles. The molecule has 162 valence electrons. The SMILES string of the molecule is Cc1ccc(C(=O)N2CCC(n3ccnc3)CC2)cc1S(=O)(=O)NCc1ccccc1. The Hall–Kier alpha value is -2.97. The Morgan fingerprint density at radius 2 is 1.87 bits per heavy atom. The number of hydrogen-bond donors (Lipinski definition) is 1. The summed E-state index contributed by atoms with van der Waals surface area (Å²) in [6, 6.07) is 14.6. The predicted octanol–water partition coefficient (Wildman–Crippen LogP) is 3.15. The molecular weight excluding hydrogens is 412 g/mol. The number of likely N-dealkylation sites (tertiary alicyclic amines) is 1. The average Bonchev–Trinajstić information content (AvgIpc) is 3.33. The van der Waals surface area contributed by atoms with Crippen molar-refractivity contribution in [1.29, 1.82) is 0 Å². The first-order valence-electron chi connectivity index (χ1n) is 10.3. The lowest BCUT2D eigenvalue weighted by Crippen LogP contribution is -2.39. The highest BCUT2D eigenvalue weighted by Gasteiger charge is 2.26. The van der Waals surface area contributed by atoms with Gasteiger partial charge in [0.25, 0.3) is 5.91 Å². The molecule has 1 amide bonds. The van der Waals surface area contributed by atoms with E-state index in [0.29, 0.717) is 30.3 Å². The third kappa shape index (κ3) is 4.86. The van der Waals surface area contributed by atoms with E-state index in [9.17, 15) is 13.2 Å². The fraction of sp³-hybridized carbons (Fsp3) is 0.304. The first-order valence-corrected chi connectivity index (χ1v) is 11.8. The first kappa shape index (κ1) is 21.3. The monoisotopic (exact) mass is 438 g/mol. The minimum absolute atomic E-state index is 0.136. The minimum atomic E-state index is -3.75. The molecule has 1 aliphatic rings. The van der Waals surface area contributed by atoms with Crippen LogP contribution < -0.4 is 4.72 Å². The van der Waals surface area contributed by atoms with Crippen LogP contribution in [0.2, 0.25) is 0 Å². The van der Waals surface area contributed by atoms with Gasteiger partial charge in [0.1, 0.15) is 0 Å². The molecule has 0 atom stereocenters. The van der Waals surface area contributed by atoms with Crippen molar-refractivity contribution in [3.63, 3.8) is 0 Å². The smallest absolute Gasteiger partial charge is 0.253 e. The van der Waals surface area contributed by atoms with Gasteiger partial charge in [0, 0.05) is 43.6 Å². The molecule has 1 saturated heterocycles. The van der Waals surface area contributed by atoms with Crippen molar-refractivity contribution in [2.75, 3.05) is 13.1 Å². The standard InChI is InChI=1S/C23H26N4O3S/c1-18-7-8-20(15-22(18)31(29,30)25-16-19-5-3-2-4-6-19)23(28)26-12-9-21(10-13-26)27-14-11-24-17-27/h2-8,11,14-15,17,21,25H,9-10,12-13,16H2,1H3. The number of rotatable bonds is 6. The zero-order chi connectivity index (χ0) is 21.8. The number of aryl methyl sites for hydroxylation is 1. The van der Waals surface area contributed by atoms with Gasteiger partial charge in [-0.15, -0.1) is 0 Å². The van der Waals surface area contributed by atoms with Gasteiger partial charge in [0.15, 0.2) is 0 Å². The molecule has 0 radical (unpaired) electrons. The number of aromatic nitrogens is 2. The molecule has 0 bridgehead atoms. The van der Waals surface area contributed by atoms with Gasteiger partial charge in [-0.2, -0.15) is 0 Å². The summed E-state index contributed by atoms with van der Waals surface area (Å²) in [5, 5.41) is 0. The highest BCUT2D eigenvalue weighted by molar-refractivity contribution is 7.89. The average molecular weight is 439 g/mol. The molecule has 0 aliphatic carbocycles. The number of piperidine rings is 1. The number of carbonyl (C=O) groups excluding carboxylic acids is 1. The molecule has 8 heteroatoms. The van der Waals surface area contributed by atoms with E-state index < -0.39 is 10.0 Å². The maximum atomic E-state index is 13.1. The maximum Gasteiger partial charge on any atom is 0.253 e. The predicted molar refractivity (Wildman–Crippen MR) is 118 cm³/mol. The van der Waals surface area contributed by atoms with Crippen LogP contribution in [0.4, 0.5) is 0 Å². The van der Waals surface area contributed by atoms with E-state index in [-0.39, 0.29) is 17.3 Å². The second-order valence-corrected chi connectivity index (χ2v) is 9.56. The zero-order valence-electron chi connectivity index (χ0n) is 17.4. The summed E-state index contributed by atoms with van der Waals surface area (Å²) in [4.78, 5) is 19.1. The lowest BCUT2D eigenvalue weighted by Gasteiger charge is -2.32. The summed E-state index contributed by atoms with van der Waals surface area (Å²) in [6.45, 7) is 3.19. The van der Waals surface area contributed by atoms with Crippen molar-refractivity contribution in [2.24, 2.45) is 0 Å². The molecule has 1 aromatic heterocycles. The van der Waals surface area contributed by atoms with E-state index in [1.165, 1.54) is 6.07 Å². The zero-order valence-corrected chi connectivity index (χ0v) is 18.3. The van der Waals surface area contributed by atoms with E-state index in [1.807, 2.05) is 42.9 Å².